The molecule has 0 bridgehead atoms. The van der Waals surface area contributed by atoms with Crippen LogP contribution in [0.2, 0.25) is 0 Å². The van der Waals surface area contributed by atoms with E-state index in [9.17, 15) is 18.0 Å². The molecule has 0 saturated heterocycles. The van der Waals surface area contributed by atoms with Crippen molar-refractivity contribution in [3.8, 4) is 0 Å². The maximum absolute atomic E-state index is 12.3. The van der Waals surface area contributed by atoms with E-state index < -0.39 is 23.3 Å². The van der Waals surface area contributed by atoms with Gasteiger partial charge in [0.25, 0.3) is 0 Å². The zero-order chi connectivity index (χ0) is 12.6. The number of carbonyl (C=O) groups is 1. The molecule has 0 spiro atoms. The van der Waals surface area contributed by atoms with Crippen molar-refractivity contribution in [2.75, 3.05) is 0 Å². The second kappa shape index (κ2) is 3.80. The van der Waals surface area contributed by atoms with Crippen LogP contribution in [0.1, 0.15) is 31.7 Å². The average Bonchev–Trinajstić information content (AvgIpc) is 2.47. The van der Waals surface area contributed by atoms with Gasteiger partial charge in [0, 0.05) is 5.41 Å². The van der Waals surface area contributed by atoms with Crippen molar-refractivity contribution in [3.63, 3.8) is 0 Å². The van der Waals surface area contributed by atoms with E-state index in [4.69, 9.17) is 5.11 Å². The van der Waals surface area contributed by atoms with Gasteiger partial charge in [0.1, 0.15) is 5.69 Å². The molecule has 0 aliphatic heterocycles. The van der Waals surface area contributed by atoms with Crippen molar-refractivity contribution in [1.82, 2.24) is 10.2 Å². The van der Waals surface area contributed by atoms with Crippen molar-refractivity contribution in [2.45, 2.75) is 31.9 Å². The highest BCUT2D eigenvalue weighted by atomic mass is 19.4. The number of hydrogen-bond acceptors (Lipinski definition) is 2. The summed E-state index contributed by atoms with van der Waals surface area (Å²) in [6, 6.07) is 0.836. The lowest BCUT2D eigenvalue weighted by Crippen LogP contribution is -2.22. The SMILES string of the molecule is CC(C)(CC(=O)O)c1cc(C(F)(F)F)[nH]n1. The molecular weight excluding hydrogens is 225 g/mol. The number of aliphatic carboxylic acids is 1. The number of nitrogens with one attached hydrogen (secondary N) is 1. The third kappa shape index (κ3) is 2.74. The van der Waals surface area contributed by atoms with E-state index in [1.165, 1.54) is 13.8 Å². The molecule has 0 radical (unpaired) electrons. The lowest BCUT2D eigenvalue weighted by atomic mass is 9.85. The number of rotatable bonds is 3. The van der Waals surface area contributed by atoms with E-state index in [1.807, 2.05) is 5.10 Å². The van der Waals surface area contributed by atoms with Crippen LogP contribution in [0.5, 0.6) is 0 Å². The molecule has 0 aromatic carbocycles. The number of aromatic nitrogens is 2. The first kappa shape index (κ1) is 12.5. The predicted molar refractivity (Wildman–Crippen MR) is 48.9 cm³/mol. The van der Waals surface area contributed by atoms with Crippen molar-refractivity contribution >= 4 is 5.97 Å². The van der Waals surface area contributed by atoms with E-state index in [0.717, 1.165) is 6.07 Å². The van der Waals surface area contributed by atoms with Gasteiger partial charge in [0.05, 0.1) is 12.1 Å². The summed E-state index contributed by atoms with van der Waals surface area (Å²) in [7, 11) is 0. The maximum Gasteiger partial charge on any atom is 0.432 e. The summed E-state index contributed by atoms with van der Waals surface area (Å²) in [4.78, 5) is 10.5. The van der Waals surface area contributed by atoms with Crippen LogP contribution in [-0.4, -0.2) is 21.3 Å². The summed E-state index contributed by atoms with van der Waals surface area (Å²) in [5.41, 5.74) is -1.82. The Kier molecular flexibility index (Phi) is 2.98. The Balaban J connectivity index is 2.97. The lowest BCUT2D eigenvalue weighted by Gasteiger charge is -2.19. The van der Waals surface area contributed by atoms with Crippen LogP contribution < -0.4 is 0 Å². The molecule has 90 valence electrons. The Labute approximate surface area is 89.5 Å². The zero-order valence-electron chi connectivity index (χ0n) is 8.72. The minimum Gasteiger partial charge on any atom is -0.481 e. The third-order valence-electron chi connectivity index (χ3n) is 2.17. The third-order valence-corrected chi connectivity index (χ3v) is 2.17. The summed E-state index contributed by atoms with van der Waals surface area (Å²) in [5.74, 6) is -1.08. The van der Waals surface area contributed by atoms with Crippen LogP contribution in [-0.2, 0) is 16.4 Å². The fourth-order valence-corrected chi connectivity index (χ4v) is 1.28. The van der Waals surface area contributed by atoms with Crippen LogP contribution in [0.15, 0.2) is 6.07 Å². The first-order chi connectivity index (χ1) is 7.13. The Hall–Kier alpha value is -1.53. The van der Waals surface area contributed by atoms with Crippen LogP contribution in [0.25, 0.3) is 0 Å². The van der Waals surface area contributed by atoms with Gasteiger partial charge in [0.15, 0.2) is 0 Å². The minimum atomic E-state index is -4.50. The molecule has 1 aromatic heterocycles. The van der Waals surface area contributed by atoms with E-state index in [-0.39, 0.29) is 12.1 Å². The number of nitrogens with zero attached hydrogens (tertiary/aromatic N) is 1. The molecule has 0 saturated carbocycles. The average molecular weight is 236 g/mol. The monoisotopic (exact) mass is 236 g/mol. The maximum atomic E-state index is 12.3. The van der Waals surface area contributed by atoms with Crippen LogP contribution >= 0.6 is 0 Å². The molecule has 0 aliphatic rings. The molecule has 16 heavy (non-hydrogen) atoms. The van der Waals surface area contributed by atoms with Gasteiger partial charge in [0.2, 0.25) is 0 Å². The number of alkyl halides is 3. The molecule has 0 fully saturated rings. The molecular formula is C9H11F3N2O2. The van der Waals surface area contributed by atoms with Crippen molar-refractivity contribution in [3.05, 3.63) is 17.5 Å². The highest BCUT2D eigenvalue weighted by Gasteiger charge is 2.35. The number of halogens is 3. The zero-order valence-corrected chi connectivity index (χ0v) is 8.72. The van der Waals surface area contributed by atoms with Crippen molar-refractivity contribution < 1.29 is 23.1 Å². The summed E-state index contributed by atoms with van der Waals surface area (Å²) in [5, 5.41) is 14.0. The summed E-state index contributed by atoms with van der Waals surface area (Å²) in [6.45, 7) is 3.05. The van der Waals surface area contributed by atoms with Gasteiger partial charge < -0.3 is 5.11 Å². The molecule has 0 atom stereocenters. The van der Waals surface area contributed by atoms with Crippen LogP contribution in [0, 0.1) is 0 Å². The second-order valence-electron chi connectivity index (χ2n) is 4.12. The molecule has 1 heterocycles. The summed E-state index contributed by atoms with van der Waals surface area (Å²) < 4.78 is 36.8. The van der Waals surface area contributed by atoms with E-state index in [2.05, 4.69) is 5.10 Å². The Bertz CT molecular complexity index is 396. The Morgan fingerprint density at radius 2 is 2.06 bits per heavy atom. The number of carboxylic acid groups (broad SMARTS) is 1. The molecule has 4 nitrogen and oxygen atoms in total. The van der Waals surface area contributed by atoms with Gasteiger partial charge in [-0.15, -0.1) is 0 Å². The molecule has 0 amide bonds. The first-order valence-corrected chi connectivity index (χ1v) is 4.48. The molecule has 1 rings (SSSR count). The van der Waals surface area contributed by atoms with E-state index >= 15 is 0 Å². The Morgan fingerprint density at radius 3 is 2.44 bits per heavy atom. The molecule has 0 aliphatic carbocycles. The van der Waals surface area contributed by atoms with Gasteiger partial charge in [-0.3, -0.25) is 9.89 Å². The minimum absolute atomic E-state index is 0.0854. The van der Waals surface area contributed by atoms with Crippen LogP contribution in [0.4, 0.5) is 13.2 Å². The normalized spacial score (nSPS) is 12.8. The summed E-state index contributed by atoms with van der Waals surface area (Å²) in [6.07, 6.45) is -4.78. The number of carboxylic acids is 1. The topological polar surface area (TPSA) is 66.0 Å². The largest absolute Gasteiger partial charge is 0.481 e. The number of aromatic amines is 1. The van der Waals surface area contributed by atoms with Gasteiger partial charge in [-0.2, -0.15) is 18.3 Å². The van der Waals surface area contributed by atoms with E-state index in [0.29, 0.717) is 0 Å². The quantitative estimate of drug-likeness (QED) is 0.845. The van der Waals surface area contributed by atoms with Crippen LogP contribution in [0.3, 0.4) is 0 Å². The smallest absolute Gasteiger partial charge is 0.432 e. The molecule has 0 unspecified atom stereocenters. The van der Waals surface area contributed by atoms with E-state index in [1.54, 1.807) is 0 Å². The first-order valence-electron chi connectivity index (χ1n) is 4.48. The summed E-state index contributed by atoms with van der Waals surface area (Å²) >= 11 is 0. The highest BCUT2D eigenvalue weighted by Crippen LogP contribution is 2.32. The van der Waals surface area contributed by atoms with Gasteiger partial charge in [-0.25, -0.2) is 0 Å². The molecule has 1 aromatic rings. The molecule has 7 heteroatoms. The standard InChI is InChI=1S/C9H11F3N2O2/c1-8(2,4-7(15)16)5-3-6(14-13-5)9(10,11)12/h3H,4H2,1-2H3,(H,13,14)(H,15,16). The fourth-order valence-electron chi connectivity index (χ4n) is 1.28. The predicted octanol–water partition coefficient (Wildman–Crippen LogP) is 2.18. The van der Waals surface area contributed by atoms with Gasteiger partial charge in [-0.1, -0.05) is 13.8 Å². The van der Waals surface area contributed by atoms with Gasteiger partial charge in [-0.05, 0) is 6.07 Å². The van der Waals surface area contributed by atoms with Crippen molar-refractivity contribution in [2.24, 2.45) is 0 Å². The Morgan fingerprint density at radius 1 is 1.50 bits per heavy atom. The molecule has 2 N–H and O–H groups in total. The highest BCUT2D eigenvalue weighted by molar-refractivity contribution is 5.68. The number of H-pyrrole nitrogens is 1. The second-order valence-corrected chi connectivity index (χ2v) is 4.12. The lowest BCUT2D eigenvalue weighted by molar-refractivity contribution is -0.141. The van der Waals surface area contributed by atoms with Gasteiger partial charge >= 0.3 is 12.1 Å². The van der Waals surface area contributed by atoms with Crippen molar-refractivity contribution in [1.29, 1.82) is 0 Å². The fraction of sp³-hybridized carbons (Fsp3) is 0.556. The number of hydrogen-bond donors (Lipinski definition) is 2.